The molecule has 6 nitrogen and oxygen atoms in total. The number of rotatable bonds is 2. The van der Waals surface area contributed by atoms with Crippen molar-refractivity contribution < 1.29 is 9.59 Å². The summed E-state index contributed by atoms with van der Waals surface area (Å²) in [4.78, 5) is 25.4. The molecule has 1 aromatic heterocycles. The molecule has 1 aliphatic rings. The summed E-state index contributed by atoms with van der Waals surface area (Å²) in [6.45, 7) is 5.44. The molecule has 19 heavy (non-hydrogen) atoms. The third-order valence-electron chi connectivity index (χ3n) is 3.25. The Morgan fingerprint density at radius 3 is 2.63 bits per heavy atom. The second-order valence-electron chi connectivity index (χ2n) is 4.78. The van der Waals surface area contributed by atoms with Gasteiger partial charge in [0, 0.05) is 13.1 Å². The second kappa shape index (κ2) is 6.10. The van der Waals surface area contributed by atoms with Crippen LogP contribution >= 0.6 is 11.3 Å². The third-order valence-corrected chi connectivity index (χ3v) is 4.24. The van der Waals surface area contributed by atoms with Crippen LogP contribution < -0.4 is 5.32 Å². The largest absolute Gasteiger partial charge is 0.334 e. The molecule has 0 aliphatic carbocycles. The number of anilines is 1. The molecule has 2 amide bonds. The van der Waals surface area contributed by atoms with E-state index in [1.807, 2.05) is 6.92 Å². The zero-order valence-electron chi connectivity index (χ0n) is 11.2. The quantitative estimate of drug-likeness (QED) is 0.830. The van der Waals surface area contributed by atoms with Gasteiger partial charge in [0.25, 0.3) is 0 Å². The summed E-state index contributed by atoms with van der Waals surface area (Å²) in [7, 11) is 0. The van der Waals surface area contributed by atoms with Crippen molar-refractivity contribution in [3.05, 3.63) is 5.01 Å². The van der Waals surface area contributed by atoms with Crippen molar-refractivity contribution in [3.63, 3.8) is 0 Å². The Hall–Kier alpha value is -1.50. The average Bonchev–Trinajstić information content (AvgIpc) is 2.86. The van der Waals surface area contributed by atoms with E-state index in [1.54, 1.807) is 4.90 Å². The summed E-state index contributed by atoms with van der Waals surface area (Å²) in [6, 6.07) is 0. The fraction of sp³-hybridized carbons (Fsp3) is 0.667. The molecule has 0 atom stereocenters. The molecule has 7 heteroatoms. The van der Waals surface area contributed by atoms with Crippen LogP contribution in [0, 0.1) is 5.92 Å². The van der Waals surface area contributed by atoms with Gasteiger partial charge in [-0.05, 0) is 25.2 Å². The van der Waals surface area contributed by atoms with Gasteiger partial charge in [-0.25, -0.2) is 0 Å². The number of aromatic nitrogens is 2. The van der Waals surface area contributed by atoms with E-state index < -0.39 is 11.8 Å². The summed E-state index contributed by atoms with van der Waals surface area (Å²) in [5.41, 5.74) is 0. The molecule has 0 bridgehead atoms. The lowest BCUT2D eigenvalue weighted by molar-refractivity contribution is -0.144. The fourth-order valence-electron chi connectivity index (χ4n) is 1.95. The smallest absolute Gasteiger partial charge is 0.315 e. The molecule has 1 aromatic rings. The fourth-order valence-corrected chi connectivity index (χ4v) is 2.63. The maximum absolute atomic E-state index is 12.0. The van der Waals surface area contributed by atoms with E-state index in [1.165, 1.54) is 11.3 Å². The number of nitrogens with zero attached hydrogens (tertiary/aromatic N) is 3. The normalized spacial score (nSPS) is 16.4. The van der Waals surface area contributed by atoms with Gasteiger partial charge in [-0.15, -0.1) is 10.2 Å². The van der Waals surface area contributed by atoms with Crippen LogP contribution in [-0.4, -0.2) is 40.0 Å². The van der Waals surface area contributed by atoms with E-state index in [0.717, 1.165) is 24.3 Å². The van der Waals surface area contributed by atoms with Gasteiger partial charge in [0.2, 0.25) is 5.13 Å². The first kappa shape index (κ1) is 13.9. The van der Waals surface area contributed by atoms with Crippen molar-refractivity contribution in [2.75, 3.05) is 18.4 Å². The highest BCUT2D eigenvalue weighted by Gasteiger charge is 2.26. The zero-order chi connectivity index (χ0) is 13.8. The molecule has 0 saturated carbocycles. The van der Waals surface area contributed by atoms with Gasteiger partial charge in [0.1, 0.15) is 5.01 Å². The van der Waals surface area contributed by atoms with Gasteiger partial charge in [-0.1, -0.05) is 25.2 Å². The minimum Gasteiger partial charge on any atom is -0.334 e. The SMILES string of the molecule is CCc1nnc(NC(=O)C(=O)N2CCC(C)CC2)s1. The summed E-state index contributed by atoms with van der Waals surface area (Å²) < 4.78 is 0. The summed E-state index contributed by atoms with van der Waals surface area (Å²) >= 11 is 1.30. The van der Waals surface area contributed by atoms with E-state index in [0.29, 0.717) is 24.1 Å². The van der Waals surface area contributed by atoms with E-state index in [4.69, 9.17) is 0 Å². The molecule has 1 fully saturated rings. The molecular formula is C12H18N4O2S. The van der Waals surface area contributed by atoms with E-state index >= 15 is 0 Å². The monoisotopic (exact) mass is 282 g/mol. The molecular weight excluding hydrogens is 264 g/mol. The number of amides is 2. The van der Waals surface area contributed by atoms with Crippen LogP contribution in [0.1, 0.15) is 31.7 Å². The Balaban J connectivity index is 1.90. The van der Waals surface area contributed by atoms with E-state index in [-0.39, 0.29) is 0 Å². The highest BCUT2D eigenvalue weighted by Crippen LogP contribution is 2.18. The predicted molar refractivity (Wildman–Crippen MR) is 72.9 cm³/mol. The molecule has 0 aromatic carbocycles. The number of hydrogen-bond donors (Lipinski definition) is 1. The topological polar surface area (TPSA) is 75.2 Å². The predicted octanol–water partition coefficient (Wildman–Crippen LogP) is 1.30. The first-order valence-electron chi connectivity index (χ1n) is 6.52. The van der Waals surface area contributed by atoms with Gasteiger partial charge in [-0.3, -0.25) is 14.9 Å². The Morgan fingerprint density at radius 2 is 2.05 bits per heavy atom. The van der Waals surface area contributed by atoms with Crippen molar-refractivity contribution >= 4 is 28.3 Å². The molecule has 2 heterocycles. The Labute approximate surface area is 116 Å². The Kier molecular flexibility index (Phi) is 4.47. The summed E-state index contributed by atoms with van der Waals surface area (Å²) in [5, 5.41) is 11.5. The number of nitrogens with one attached hydrogen (secondary N) is 1. The standard InChI is InChI=1S/C12H18N4O2S/c1-3-9-14-15-12(19-9)13-10(17)11(18)16-6-4-8(2)5-7-16/h8H,3-7H2,1-2H3,(H,13,15,17). The number of likely N-dealkylation sites (tertiary alicyclic amines) is 1. The minimum absolute atomic E-state index is 0.389. The lowest BCUT2D eigenvalue weighted by Gasteiger charge is -2.29. The lowest BCUT2D eigenvalue weighted by Crippen LogP contribution is -2.43. The molecule has 2 rings (SSSR count). The van der Waals surface area contributed by atoms with E-state index in [9.17, 15) is 9.59 Å². The molecule has 0 unspecified atom stereocenters. The van der Waals surface area contributed by atoms with Crippen LogP contribution in [0.15, 0.2) is 0 Å². The highest BCUT2D eigenvalue weighted by atomic mass is 32.1. The zero-order valence-corrected chi connectivity index (χ0v) is 12.0. The second-order valence-corrected chi connectivity index (χ2v) is 5.85. The van der Waals surface area contributed by atoms with Gasteiger partial charge in [0.05, 0.1) is 0 Å². The molecule has 104 valence electrons. The average molecular weight is 282 g/mol. The molecule has 0 spiro atoms. The number of piperidine rings is 1. The number of aryl methyl sites for hydroxylation is 1. The minimum atomic E-state index is -0.617. The van der Waals surface area contributed by atoms with Crippen LogP contribution in [0.2, 0.25) is 0 Å². The van der Waals surface area contributed by atoms with E-state index in [2.05, 4.69) is 22.4 Å². The highest BCUT2D eigenvalue weighted by molar-refractivity contribution is 7.15. The van der Waals surface area contributed by atoms with Gasteiger partial charge < -0.3 is 4.90 Å². The van der Waals surface area contributed by atoms with Crippen molar-refractivity contribution in [2.24, 2.45) is 5.92 Å². The molecule has 1 N–H and O–H groups in total. The van der Waals surface area contributed by atoms with Crippen LogP contribution in [0.5, 0.6) is 0 Å². The first-order valence-corrected chi connectivity index (χ1v) is 7.34. The van der Waals surface area contributed by atoms with Crippen molar-refractivity contribution in [1.29, 1.82) is 0 Å². The maximum Gasteiger partial charge on any atom is 0.315 e. The Morgan fingerprint density at radius 1 is 1.37 bits per heavy atom. The molecule has 0 radical (unpaired) electrons. The first-order chi connectivity index (χ1) is 9.10. The van der Waals surface area contributed by atoms with Gasteiger partial charge in [-0.2, -0.15) is 0 Å². The maximum atomic E-state index is 12.0. The van der Waals surface area contributed by atoms with Crippen LogP contribution in [0.25, 0.3) is 0 Å². The summed E-state index contributed by atoms with van der Waals surface area (Å²) in [5.74, 6) is -0.462. The van der Waals surface area contributed by atoms with Gasteiger partial charge in [0.15, 0.2) is 0 Å². The van der Waals surface area contributed by atoms with Crippen molar-refractivity contribution in [3.8, 4) is 0 Å². The third kappa shape index (κ3) is 3.50. The summed E-state index contributed by atoms with van der Waals surface area (Å²) in [6.07, 6.45) is 2.68. The van der Waals surface area contributed by atoms with Crippen molar-refractivity contribution in [2.45, 2.75) is 33.1 Å². The van der Waals surface area contributed by atoms with Crippen LogP contribution in [0.3, 0.4) is 0 Å². The Bertz CT molecular complexity index is 466. The number of carbonyl (C=O) groups excluding carboxylic acids is 2. The molecule has 1 saturated heterocycles. The van der Waals surface area contributed by atoms with Gasteiger partial charge >= 0.3 is 11.8 Å². The lowest BCUT2D eigenvalue weighted by atomic mass is 9.99. The van der Waals surface area contributed by atoms with Crippen LogP contribution in [0.4, 0.5) is 5.13 Å². The number of carbonyl (C=O) groups is 2. The van der Waals surface area contributed by atoms with Crippen LogP contribution in [-0.2, 0) is 16.0 Å². The van der Waals surface area contributed by atoms with Crippen molar-refractivity contribution in [1.82, 2.24) is 15.1 Å². The number of hydrogen-bond acceptors (Lipinski definition) is 5. The molecule has 1 aliphatic heterocycles.